The Kier molecular flexibility index (Phi) is 5.14. The highest BCUT2D eigenvalue weighted by Gasteiger charge is 2.26. The van der Waals surface area contributed by atoms with Crippen LogP contribution in [0, 0.1) is 0 Å². The fourth-order valence-electron chi connectivity index (χ4n) is 1.33. The smallest absolute Gasteiger partial charge is 0.355 e. The largest absolute Gasteiger partial charge is 0.401 e. The zero-order chi connectivity index (χ0) is 13.6. The van der Waals surface area contributed by atoms with Gasteiger partial charge in [-0.05, 0) is 12.0 Å². The molecule has 0 unspecified atom stereocenters. The monoisotopic (exact) mass is 264 g/mol. The second-order valence-corrected chi connectivity index (χ2v) is 3.84. The number of carbonyl (C=O) groups excluding carboxylic acids is 1. The summed E-state index contributed by atoms with van der Waals surface area (Å²) in [4.78, 5) is 11.2. The molecule has 18 heavy (non-hydrogen) atoms. The molecule has 102 valence electrons. The lowest BCUT2D eigenvalue weighted by Gasteiger charge is -2.08. The van der Waals surface area contributed by atoms with E-state index in [4.69, 9.17) is 0 Å². The van der Waals surface area contributed by atoms with Gasteiger partial charge in [-0.3, -0.25) is 9.48 Å². The topological polar surface area (TPSA) is 59.0 Å². The lowest BCUT2D eigenvalue weighted by Crippen LogP contribution is -2.38. The number of nitrogens with zero attached hydrogens (tertiary/aromatic N) is 2. The van der Waals surface area contributed by atoms with Crippen LogP contribution in [0.5, 0.6) is 0 Å². The van der Waals surface area contributed by atoms with Crippen LogP contribution in [-0.4, -0.2) is 41.5 Å². The number of carbonyl (C=O) groups is 1. The van der Waals surface area contributed by atoms with Crippen LogP contribution < -0.4 is 10.6 Å². The molecule has 0 radical (unpaired) electrons. The Morgan fingerprint density at radius 2 is 2.22 bits per heavy atom. The molecule has 0 aliphatic carbocycles. The van der Waals surface area contributed by atoms with Crippen LogP contribution in [0.2, 0.25) is 0 Å². The summed E-state index contributed by atoms with van der Waals surface area (Å²) in [5.41, 5.74) is 0.959. The summed E-state index contributed by atoms with van der Waals surface area (Å²) >= 11 is 0. The Bertz CT molecular complexity index is 389. The number of hydrogen-bond donors (Lipinski definition) is 2. The molecular formula is C10H15F3N4O. The van der Waals surface area contributed by atoms with E-state index in [0.717, 1.165) is 5.56 Å². The molecule has 1 rings (SSSR count). The van der Waals surface area contributed by atoms with Gasteiger partial charge in [-0.25, -0.2) is 0 Å². The van der Waals surface area contributed by atoms with E-state index in [0.29, 0.717) is 13.0 Å². The summed E-state index contributed by atoms with van der Waals surface area (Å²) in [6.45, 7) is -1.13. The predicted molar refractivity (Wildman–Crippen MR) is 58.8 cm³/mol. The van der Waals surface area contributed by atoms with Crippen molar-refractivity contribution in [2.45, 2.75) is 12.6 Å². The number of aryl methyl sites for hydroxylation is 1. The van der Waals surface area contributed by atoms with Crippen molar-refractivity contribution in [3.8, 4) is 0 Å². The normalized spacial score (nSPS) is 11.6. The minimum absolute atomic E-state index is 0.341. The first-order valence-corrected chi connectivity index (χ1v) is 5.38. The van der Waals surface area contributed by atoms with Crippen LogP contribution in [0.1, 0.15) is 5.56 Å². The highest BCUT2D eigenvalue weighted by atomic mass is 19.4. The number of amides is 1. The van der Waals surface area contributed by atoms with E-state index in [1.54, 1.807) is 17.9 Å². The standard InChI is InChI=1S/C10H15F3N4O/c1-17-6-8(4-16-17)2-3-15-9(18)5-14-7-10(11,12)13/h4,6,14H,2-3,5,7H2,1H3,(H,15,18). The Balaban J connectivity index is 2.10. The summed E-state index contributed by atoms with van der Waals surface area (Å²) in [5, 5.41) is 8.50. The van der Waals surface area contributed by atoms with E-state index in [2.05, 4.69) is 10.4 Å². The van der Waals surface area contributed by atoms with Gasteiger partial charge in [-0.2, -0.15) is 18.3 Å². The molecule has 1 heterocycles. The van der Waals surface area contributed by atoms with Crippen LogP contribution in [0.25, 0.3) is 0 Å². The van der Waals surface area contributed by atoms with E-state index in [9.17, 15) is 18.0 Å². The third-order valence-electron chi connectivity index (χ3n) is 2.11. The van der Waals surface area contributed by atoms with Crippen molar-refractivity contribution in [2.24, 2.45) is 7.05 Å². The van der Waals surface area contributed by atoms with Gasteiger partial charge < -0.3 is 10.6 Å². The predicted octanol–water partition coefficient (Wildman–Crippen LogP) is 0.231. The highest BCUT2D eigenvalue weighted by Crippen LogP contribution is 2.11. The molecule has 8 heteroatoms. The van der Waals surface area contributed by atoms with E-state index in [1.165, 1.54) is 0 Å². The van der Waals surface area contributed by atoms with Crippen LogP contribution in [0.3, 0.4) is 0 Å². The van der Waals surface area contributed by atoms with Crippen molar-refractivity contribution in [2.75, 3.05) is 19.6 Å². The average molecular weight is 264 g/mol. The van der Waals surface area contributed by atoms with Gasteiger partial charge >= 0.3 is 6.18 Å². The average Bonchev–Trinajstić information content (AvgIpc) is 2.62. The van der Waals surface area contributed by atoms with Gasteiger partial charge in [0.05, 0.1) is 19.3 Å². The van der Waals surface area contributed by atoms with Crippen molar-refractivity contribution >= 4 is 5.91 Å². The molecule has 0 aromatic carbocycles. The quantitative estimate of drug-likeness (QED) is 0.773. The molecule has 5 nitrogen and oxygen atoms in total. The van der Waals surface area contributed by atoms with E-state index >= 15 is 0 Å². The van der Waals surface area contributed by atoms with E-state index < -0.39 is 18.6 Å². The molecule has 0 aliphatic rings. The van der Waals surface area contributed by atoms with E-state index in [-0.39, 0.29) is 6.54 Å². The molecule has 2 N–H and O–H groups in total. The molecule has 1 amide bonds. The first-order valence-electron chi connectivity index (χ1n) is 5.38. The number of hydrogen-bond acceptors (Lipinski definition) is 3. The zero-order valence-electron chi connectivity index (χ0n) is 9.92. The maximum atomic E-state index is 11.8. The lowest BCUT2D eigenvalue weighted by molar-refractivity contribution is -0.128. The Hall–Kier alpha value is -1.57. The number of alkyl halides is 3. The number of halogens is 3. The zero-order valence-corrected chi connectivity index (χ0v) is 9.92. The Labute approximate surface area is 102 Å². The number of nitrogens with one attached hydrogen (secondary N) is 2. The van der Waals surface area contributed by atoms with Crippen molar-refractivity contribution in [3.05, 3.63) is 18.0 Å². The molecule has 1 aromatic heterocycles. The molecular weight excluding hydrogens is 249 g/mol. The third-order valence-corrected chi connectivity index (χ3v) is 2.11. The minimum atomic E-state index is -4.30. The summed E-state index contributed by atoms with van der Waals surface area (Å²) in [6, 6.07) is 0. The molecule has 1 aromatic rings. The summed E-state index contributed by atoms with van der Waals surface area (Å²) < 4.78 is 37.0. The lowest BCUT2D eigenvalue weighted by atomic mass is 10.2. The van der Waals surface area contributed by atoms with Gasteiger partial charge in [0.2, 0.25) is 5.91 Å². The third kappa shape index (κ3) is 6.24. The first kappa shape index (κ1) is 14.5. The van der Waals surface area contributed by atoms with Crippen LogP contribution >= 0.6 is 0 Å². The van der Waals surface area contributed by atoms with E-state index in [1.807, 2.05) is 11.5 Å². The SMILES string of the molecule is Cn1cc(CCNC(=O)CNCC(F)(F)F)cn1. The maximum Gasteiger partial charge on any atom is 0.401 e. The van der Waals surface area contributed by atoms with Gasteiger partial charge in [0.15, 0.2) is 0 Å². The van der Waals surface area contributed by atoms with Crippen molar-refractivity contribution in [1.82, 2.24) is 20.4 Å². The Morgan fingerprint density at radius 1 is 1.50 bits per heavy atom. The fourth-order valence-corrected chi connectivity index (χ4v) is 1.33. The molecule has 0 bridgehead atoms. The molecule has 0 saturated carbocycles. The molecule has 0 spiro atoms. The summed E-state index contributed by atoms with van der Waals surface area (Å²) in [5.74, 6) is -0.455. The first-order chi connectivity index (χ1) is 8.37. The van der Waals surface area contributed by atoms with Gasteiger partial charge in [-0.1, -0.05) is 0 Å². The van der Waals surface area contributed by atoms with Crippen LogP contribution in [0.15, 0.2) is 12.4 Å². The van der Waals surface area contributed by atoms with Crippen molar-refractivity contribution in [3.63, 3.8) is 0 Å². The number of rotatable bonds is 6. The second-order valence-electron chi connectivity index (χ2n) is 3.84. The van der Waals surface area contributed by atoms with Gasteiger partial charge in [0, 0.05) is 19.8 Å². The van der Waals surface area contributed by atoms with Gasteiger partial charge in [0.25, 0.3) is 0 Å². The van der Waals surface area contributed by atoms with Crippen molar-refractivity contribution in [1.29, 1.82) is 0 Å². The van der Waals surface area contributed by atoms with Gasteiger partial charge in [0.1, 0.15) is 0 Å². The van der Waals surface area contributed by atoms with Crippen LogP contribution in [-0.2, 0) is 18.3 Å². The summed E-state index contributed by atoms with van der Waals surface area (Å²) in [7, 11) is 1.78. The minimum Gasteiger partial charge on any atom is -0.355 e. The highest BCUT2D eigenvalue weighted by molar-refractivity contribution is 5.77. The molecule has 0 aliphatic heterocycles. The molecule has 0 fully saturated rings. The molecule has 0 saturated heterocycles. The fraction of sp³-hybridized carbons (Fsp3) is 0.600. The van der Waals surface area contributed by atoms with Crippen LogP contribution in [0.4, 0.5) is 13.2 Å². The van der Waals surface area contributed by atoms with Gasteiger partial charge in [-0.15, -0.1) is 0 Å². The summed E-state index contributed by atoms with van der Waals surface area (Å²) in [6.07, 6.45) is -0.211. The molecule has 0 atom stereocenters. The Morgan fingerprint density at radius 3 is 2.78 bits per heavy atom. The number of aromatic nitrogens is 2. The second kappa shape index (κ2) is 6.39. The van der Waals surface area contributed by atoms with Crippen molar-refractivity contribution < 1.29 is 18.0 Å². The maximum absolute atomic E-state index is 11.8.